The minimum absolute atomic E-state index is 0.599. The molecule has 2 rings (SSSR count). The maximum absolute atomic E-state index is 5.04. The van der Waals surface area contributed by atoms with Crippen LogP contribution in [0.4, 0.5) is 5.95 Å². The summed E-state index contributed by atoms with van der Waals surface area (Å²) in [7, 11) is 1.61. The van der Waals surface area contributed by atoms with Crippen molar-refractivity contribution >= 4 is 5.95 Å². The van der Waals surface area contributed by atoms with Gasteiger partial charge in [-0.25, -0.2) is 10.4 Å². The second kappa shape index (κ2) is 4.23. The van der Waals surface area contributed by atoms with E-state index in [2.05, 4.69) is 15.4 Å². The zero-order chi connectivity index (χ0) is 9.80. The van der Waals surface area contributed by atoms with Crippen LogP contribution in [0.5, 0.6) is 5.88 Å². The number of hydrogen-bond donors (Lipinski definition) is 1. The quantitative estimate of drug-likeness (QED) is 0.746. The first-order chi connectivity index (χ1) is 6.90. The van der Waals surface area contributed by atoms with Crippen molar-refractivity contribution < 1.29 is 4.74 Å². The van der Waals surface area contributed by atoms with Crippen LogP contribution >= 0.6 is 0 Å². The number of aromatic nitrogens is 2. The Morgan fingerprint density at radius 2 is 2.43 bits per heavy atom. The molecule has 0 amide bonds. The molecule has 1 N–H and O–H groups in total. The highest BCUT2D eigenvalue weighted by molar-refractivity contribution is 5.30. The molecule has 5 nitrogen and oxygen atoms in total. The Labute approximate surface area is 83.1 Å². The van der Waals surface area contributed by atoms with Gasteiger partial charge in [-0.15, -0.1) is 0 Å². The summed E-state index contributed by atoms with van der Waals surface area (Å²) in [5, 5.41) is 1.96. The van der Waals surface area contributed by atoms with Gasteiger partial charge in [-0.1, -0.05) is 0 Å². The van der Waals surface area contributed by atoms with Gasteiger partial charge in [0.05, 0.1) is 7.11 Å². The molecule has 0 spiro atoms. The monoisotopic (exact) mass is 194 g/mol. The van der Waals surface area contributed by atoms with Gasteiger partial charge in [-0.3, -0.25) is 5.01 Å². The number of ether oxygens (including phenoxy) is 1. The largest absolute Gasteiger partial charge is 0.481 e. The molecule has 0 saturated carbocycles. The summed E-state index contributed by atoms with van der Waals surface area (Å²) in [6.07, 6.45) is 4.09. The van der Waals surface area contributed by atoms with E-state index in [0.717, 1.165) is 13.1 Å². The summed E-state index contributed by atoms with van der Waals surface area (Å²) in [5.74, 6) is 1.28. The fourth-order valence-corrected chi connectivity index (χ4v) is 1.43. The third kappa shape index (κ3) is 1.93. The minimum atomic E-state index is 0.599. The molecule has 1 saturated heterocycles. The van der Waals surface area contributed by atoms with Gasteiger partial charge in [-0.05, 0) is 12.8 Å². The van der Waals surface area contributed by atoms with Gasteiger partial charge in [0.25, 0.3) is 0 Å². The molecule has 76 valence electrons. The lowest BCUT2D eigenvalue weighted by Crippen LogP contribution is -2.44. The topological polar surface area (TPSA) is 50.3 Å². The molecule has 2 heterocycles. The van der Waals surface area contributed by atoms with Crippen LogP contribution in [-0.2, 0) is 0 Å². The Kier molecular flexibility index (Phi) is 2.78. The molecule has 1 fully saturated rings. The molecular formula is C9H14N4O. The first-order valence-corrected chi connectivity index (χ1v) is 4.78. The molecule has 1 aromatic rings. The fourth-order valence-electron chi connectivity index (χ4n) is 1.43. The normalized spacial score (nSPS) is 16.8. The third-order valence-electron chi connectivity index (χ3n) is 2.18. The number of hydrazine groups is 1. The summed E-state index contributed by atoms with van der Waals surface area (Å²) in [4.78, 5) is 8.43. The average molecular weight is 194 g/mol. The predicted octanol–water partition coefficient (Wildman–Crippen LogP) is 0.590. The van der Waals surface area contributed by atoms with Crippen molar-refractivity contribution in [2.75, 3.05) is 25.2 Å². The SMILES string of the molecule is COc1ccnc(N2CCCCN2)n1. The Hall–Kier alpha value is -1.36. The van der Waals surface area contributed by atoms with Gasteiger partial charge in [0.1, 0.15) is 0 Å². The van der Waals surface area contributed by atoms with Gasteiger partial charge < -0.3 is 4.74 Å². The fraction of sp³-hybridized carbons (Fsp3) is 0.556. The van der Waals surface area contributed by atoms with Crippen LogP contribution in [0.25, 0.3) is 0 Å². The van der Waals surface area contributed by atoms with E-state index in [1.807, 2.05) is 5.01 Å². The van der Waals surface area contributed by atoms with Gasteiger partial charge in [0, 0.05) is 25.4 Å². The van der Waals surface area contributed by atoms with Crippen molar-refractivity contribution in [2.45, 2.75) is 12.8 Å². The molecule has 1 aliphatic heterocycles. The first-order valence-electron chi connectivity index (χ1n) is 4.78. The highest BCUT2D eigenvalue weighted by Crippen LogP contribution is 2.12. The number of nitrogens with zero attached hydrogens (tertiary/aromatic N) is 3. The van der Waals surface area contributed by atoms with E-state index in [-0.39, 0.29) is 0 Å². The van der Waals surface area contributed by atoms with Crippen molar-refractivity contribution in [2.24, 2.45) is 0 Å². The first kappa shape index (κ1) is 9.21. The lowest BCUT2D eigenvalue weighted by Gasteiger charge is -2.27. The Morgan fingerprint density at radius 3 is 3.14 bits per heavy atom. The molecule has 5 heteroatoms. The minimum Gasteiger partial charge on any atom is -0.481 e. The molecule has 0 aromatic carbocycles. The van der Waals surface area contributed by atoms with E-state index in [0.29, 0.717) is 11.8 Å². The number of rotatable bonds is 2. The van der Waals surface area contributed by atoms with Crippen LogP contribution in [-0.4, -0.2) is 30.2 Å². The molecule has 0 aliphatic carbocycles. The summed E-state index contributed by atoms with van der Waals surface area (Å²) < 4.78 is 5.04. The van der Waals surface area contributed by atoms with Gasteiger partial charge in [0.2, 0.25) is 11.8 Å². The zero-order valence-electron chi connectivity index (χ0n) is 8.23. The number of hydrogen-bond acceptors (Lipinski definition) is 5. The summed E-state index contributed by atoms with van der Waals surface area (Å²) >= 11 is 0. The van der Waals surface area contributed by atoms with Gasteiger partial charge >= 0.3 is 0 Å². The highest BCUT2D eigenvalue weighted by Gasteiger charge is 2.12. The van der Waals surface area contributed by atoms with Crippen molar-refractivity contribution in [3.8, 4) is 5.88 Å². The molecule has 1 aromatic heterocycles. The molecule has 0 atom stereocenters. The van der Waals surface area contributed by atoms with Crippen molar-refractivity contribution in [3.05, 3.63) is 12.3 Å². The van der Waals surface area contributed by atoms with E-state index in [9.17, 15) is 0 Å². The van der Waals surface area contributed by atoms with E-state index in [1.54, 1.807) is 19.4 Å². The van der Waals surface area contributed by atoms with Crippen LogP contribution in [0.15, 0.2) is 12.3 Å². The van der Waals surface area contributed by atoms with E-state index in [1.165, 1.54) is 12.8 Å². The van der Waals surface area contributed by atoms with Crippen LogP contribution in [0.2, 0.25) is 0 Å². The van der Waals surface area contributed by atoms with E-state index < -0.39 is 0 Å². The Bertz CT molecular complexity index is 299. The molecular weight excluding hydrogens is 180 g/mol. The Morgan fingerprint density at radius 1 is 1.50 bits per heavy atom. The molecule has 0 bridgehead atoms. The number of nitrogens with one attached hydrogen (secondary N) is 1. The third-order valence-corrected chi connectivity index (χ3v) is 2.18. The van der Waals surface area contributed by atoms with Crippen LogP contribution < -0.4 is 15.2 Å². The van der Waals surface area contributed by atoms with Crippen molar-refractivity contribution in [3.63, 3.8) is 0 Å². The summed E-state index contributed by atoms with van der Waals surface area (Å²) in [6, 6.07) is 1.74. The summed E-state index contributed by atoms with van der Waals surface area (Å²) in [6.45, 7) is 1.94. The smallest absolute Gasteiger partial charge is 0.243 e. The second-order valence-electron chi connectivity index (χ2n) is 3.17. The standard InChI is InChI=1S/C9H14N4O/c1-14-8-4-6-10-9(12-8)13-7-3-2-5-11-13/h4,6,11H,2-3,5,7H2,1H3. The van der Waals surface area contributed by atoms with Crippen molar-refractivity contribution in [1.82, 2.24) is 15.4 Å². The maximum Gasteiger partial charge on any atom is 0.243 e. The average Bonchev–Trinajstić information content (AvgIpc) is 2.30. The molecule has 1 aliphatic rings. The van der Waals surface area contributed by atoms with E-state index in [4.69, 9.17) is 4.74 Å². The molecule has 0 radical (unpaired) electrons. The number of anilines is 1. The van der Waals surface area contributed by atoms with Crippen molar-refractivity contribution in [1.29, 1.82) is 0 Å². The lowest BCUT2D eigenvalue weighted by molar-refractivity contribution is 0.394. The predicted molar refractivity (Wildman–Crippen MR) is 53.2 cm³/mol. The maximum atomic E-state index is 5.04. The molecule has 14 heavy (non-hydrogen) atoms. The second-order valence-corrected chi connectivity index (χ2v) is 3.17. The Balaban J connectivity index is 2.13. The van der Waals surface area contributed by atoms with Gasteiger partial charge in [-0.2, -0.15) is 4.98 Å². The lowest BCUT2D eigenvalue weighted by atomic mass is 10.3. The molecule has 0 unspecified atom stereocenters. The zero-order valence-corrected chi connectivity index (χ0v) is 8.23. The summed E-state index contributed by atoms with van der Waals surface area (Å²) in [5.41, 5.74) is 3.24. The van der Waals surface area contributed by atoms with Crippen LogP contribution in [0.1, 0.15) is 12.8 Å². The highest BCUT2D eigenvalue weighted by atomic mass is 16.5. The van der Waals surface area contributed by atoms with Gasteiger partial charge in [0.15, 0.2) is 0 Å². The van der Waals surface area contributed by atoms with E-state index >= 15 is 0 Å². The van der Waals surface area contributed by atoms with Crippen LogP contribution in [0, 0.1) is 0 Å². The number of methoxy groups -OCH3 is 1. The van der Waals surface area contributed by atoms with Crippen LogP contribution in [0.3, 0.4) is 0 Å².